The van der Waals surface area contributed by atoms with Gasteiger partial charge in [-0.1, -0.05) is 19.3 Å². The largest absolute Gasteiger partial charge is 0.467 e. The molecule has 1 fully saturated rings. The molecule has 2 aromatic rings. The number of nitrogens with one attached hydrogen (secondary N) is 1. The Bertz CT molecular complexity index is 540. The average Bonchev–Trinajstić information content (AvgIpc) is 3.17. The van der Waals surface area contributed by atoms with Gasteiger partial charge >= 0.3 is 0 Å². The van der Waals surface area contributed by atoms with Gasteiger partial charge in [0.25, 0.3) is 0 Å². The van der Waals surface area contributed by atoms with E-state index < -0.39 is 0 Å². The molecule has 21 heavy (non-hydrogen) atoms. The first-order valence-corrected chi connectivity index (χ1v) is 8.02. The Kier molecular flexibility index (Phi) is 4.44. The maximum absolute atomic E-state index is 5.65. The number of rotatable bonds is 5. The zero-order valence-electron chi connectivity index (χ0n) is 13.0. The van der Waals surface area contributed by atoms with Crippen molar-refractivity contribution in [2.75, 3.05) is 0 Å². The van der Waals surface area contributed by atoms with Crippen molar-refractivity contribution in [3.63, 3.8) is 0 Å². The summed E-state index contributed by atoms with van der Waals surface area (Å²) in [6, 6.07) is 4.46. The van der Waals surface area contributed by atoms with Crippen molar-refractivity contribution in [2.45, 2.75) is 51.1 Å². The highest BCUT2D eigenvalue weighted by Crippen LogP contribution is 2.29. The number of furan rings is 1. The third kappa shape index (κ3) is 3.21. The van der Waals surface area contributed by atoms with Crippen molar-refractivity contribution in [3.8, 4) is 0 Å². The number of hydrogen-bond donors (Lipinski definition) is 1. The number of aryl methyl sites for hydroxylation is 1. The summed E-state index contributed by atoms with van der Waals surface area (Å²) in [7, 11) is 2.03. The maximum atomic E-state index is 5.65. The molecule has 0 bridgehead atoms. The van der Waals surface area contributed by atoms with Crippen LogP contribution in [-0.4, -0.2) is 15.6 Å². The normalized spacial score (nSPS) is 19.5. The highest BCUT2D eigenvalue weighted by Gasteiger charge is 2.27. The molecule has 0 amide bonds. The lowest BCUT2D eigenvalue weighted by molar-refractivity contribution is 0.261. The quantitative estimate of drug-likeness (QED) is 0.912. The molecule has 0 aromatic carbocycles. The molecular weight excluding hydrogens is 262 g/mol. The summed E-state index contributed by atoms with van der Waals surface area (Å²) in [6.07, 6.45) is 12.4. The smallest absolute Gasteiger partial charge is 0.133 e. The van der Waals surface area contributed by atoms with Gasteiger partial charge in [0, 0.05) is 25.5 Å². The molecule has 1 N–H and O–H groups in total. The van der Waals surface area contributed by atoms with Crippen LogP contribution in [-0.2, 0) is 7.05 Å². The minimum Gasteiger partial charge on any atom is -0.467 e. The fraction of sp³-hybridized carbons (Fsp3) is 0.588. The van der Waals surface area contributed by atoms with Crippen molar-refractivity contribution in [3.05, 3.63) is 42.4 Å². The van der Waals surface area contributed by atoms with E-state index in [4.69, 9.17) is 4.42 Å². The lowest BCUT2D eigenvalue weighted by Gasteiger charge is -2.31. The SMILES string of the molecule is C[C@@H](NC(c1ccco1)c1nccn1C)C1CCCCC1. The van der Waals surface area contributed by atoms with E-state index in [-0.39, 0.29) is 6.04 Å². The predicted molar refractivity (Wildman–Crippen MR) is 82.9 cm³/mol. The maximum Gasteiger partial charge on any atom is 0.133 e. The molecule has 1 aliphatic carbocycles. The summed E-state index contributed by atoms with van der Waals surface area (Å²) >= 11 is 0. The Morgan fingerprint density at radius 3 is 2.76 bits per heavy atom. The van der Waals surface area contributed by atoms with E-state index >= 15 is 0 Å². The second kappa shape index (κ2) is 6.48. The van der Waals surface area contributed by atoms with Crippen molar-refractivity contribution in [2.24, 2.45) is 13.0 Å². The fourth-order valence-electron chi connectivity index (χ4n) is 3.43. The molecule has 0 aliphatic heterocycles. The summed E-state index contributed by atoms with van der Waals surface area (Å²) in [5.41, 5.74) is 0. The number of imidazole rings is 1. The Balaban J connectivity index is 1.78. The third-order valence-corrected chi connectivity index (χ3v) is 4.73. The van der Waals surface area contributed by atoms with E-state index in [1.807, 2.05) is 31.6 Å². The van der Waals surface area contributed by atoms with Crippen molar-refractivity contribution < 1.29 is 4.42 Å². The molecule has 0 radical (unpaired) electrons. The van der Waals surface area contributed by atoms with Gasteiger partial charge < -0.3 is 8.98 Å². The molecule has 4 nitrogen and oxygen atoms in total. The molecule has 2 heterocycles. The van der Waals surface area contributed by atoms with Gasteiger partial charge in [-0.3, -0.25) is 5.32 Å². The van der Waals surface area contributed by atoms with E-state index in [0.29, 0.717) is 6.04 Å². The number of aromatic nitrogens is 2. The monoisotopic (exact) mass is 287 g/mol. The van der Waals surface area contributed by atoms with Crippen LogP contribution in [0.5, 0.6) is 0 Å². The first-order valence-electron chi connectivity index (χ1n) is 8.02. The molecule has 1 unspecified atom stereocenters. The molecule has 0 spiro atoms. The summed E-state index contributed by atoms with van der Waals surface area (Å²) in [6.45, 7) is 2.30. The van der Waals surface area contributed by atoms with Gasteiger partial charge in [-0.15, -0.1) is 0 Å². The van der Waals surface area contributed by atoms with Gasteiger partial charge in [0.05, 0.1) is 6.26 Å². The van der Waals surface area contributed by atoms with Crippen LogP contribution < -0.4 is 5.32 Å². The zero-order chi connectivity index (χ0) is 14.7. The lowest BCUT2D eigenvalue weighted by Crippen LogP contribution is -2.38. The van der Waals surface area contributed by atoms with Crippen molar-refractivity contribution in [1.82, 2.24) is 14.9 Å². The van der Waals surface area contributed by atoms with E-state index in [0.717, 1.165) is 17.5 Å². The fourth-order valence-corrected chi connectivity index (χ4v) is 3.43. The lowest BCUT2D eigenvalue weighted by atomic mass is 9.84. The molecule has 2 atom stereocenters. The molecule has 4 heteroatoms. The van der Waals surface area contributed by atoms with Crippen molar-refractivity contribution in [1.29, 1.82) is 0 Å². The molecular formula is C17H25N3O. The number of nitrogens with zero attached hydrogens (tertiary/aromatic N) is 2. The Morgan fingerprint density at radius 2 is 2.14 bits per heavy atom. The van der Waals surface area contributed by atoms with Gasteiger partial charge in [-0.25, -0.2) is 4.98 Å². The molecule has 1 saturated carbocycles. The highest BCUT2D eigenvalue weighted by atomic mass is 16.3. The van der Waals surface area contributed by atoms with Gasteiger partial charge in [-0.2, -0.15) is 0 Å². The first kappa shape index (κ1) is 14.4. The molecule has 114 valence electrons. The third-order valence-electron chi connectivity index (χ3n) is 4.73. The van der Waals surface area contributed by atoms with E-state index in [2.05, 4.69) is 21.8 Å². The second-order valence-corrected chi connectivity index (χ2v) is 6.20. The molecule has 1 aliphatic rings. The second-order valence-electron chi connectivity index (χ2n) is 6.20. The standard InChI is InChI=1S/C17H25N3O/c1-13(14-7-4-3-5-8-14)19-16(15-9-6-12-21-15)17-18-10-11-20(17)2/h6,9-14,16,19H,3-5,7-8H2,1-2H3/t13-,16?/m1/s1. The van der Waals surface area contributed by atoms with Gasteiger partial charge in [-0.05, 0) is 37.8 Å². The summed E-state index contributed by atoms with van der Waals surface area (Å²) < 4.78 is 7.71. The van der Waals surface area contributed by atoms with Crippen LogP contribution in [0.2, 0.25) is 0 Å². The average molecular weight is 287 g/mol. The first-order chi connectivity index (χ1) is 10.3. The van der Waals surface area contributed by atoms with Gasteiger partial charge in [0.2, 0.25) is 0 Å². The molecule has 3 rings (SSSR count). The summed E-state index contributed by atoms with van der Waals surface area (Å²) in [5, 5.41) is 3.76. The predicted octanol–water partition coefficient (Wildman–Crippen LogP) is 3.66. The van der Waals surface area contributed by atoms with E-state index in [9.17, 15) is 0 Å². The van der Waals surface area contributed by atoms with Crippen LogP contribution in [0.25, 0.3) is 0 Å². The van der Waals surface area contributed by atoms with E-state index in [1.165, 1.54) is 32.1 Å². The zero-order valence-corrected chi connectivity index (χ0v) is 13.0. The highest BCUT2D eigenvalue weighted by molar-refractivity contribution is 5.16. The topological polar surface area (TPSA) is 43.0 Å². The number of hydrogen-bond acceptors (Lipinski definition) is 3. The van der Waals surface area contributed by atoms with Crippen LogP contribution in [0.3, 0.4) is 0 Å². The summed E-state index contributed by atoms with van der Waals surface area (Å²) in [5.74, 6) is 2.70. The summed E-state index contributed by atoms with van der Waals surface area (Å²) in [4.78, 5) is 4.51. The minimum absolute atomic E-state index is 0.0249. The van der Waals surface area contributed by atoms with Gasteiger partial charge in [0.1, 0.15) is 17.6 Å². The van der Waals surface area contributed by atoms with Crippen LogP contribution in [0.15, 0.2) is 35.2 Å². The van der Waals surface area contributed by atoms with Crippen molar-refractivity contribution >= 4 is 0 Å². The van der Waals surface area contributed by atoms with Gasteiger partial charge in [0.15, 0.2) is 0 Å². The Morgan fingerprint density at radius 1 is 1.33 bits per heavy atom. The van der Waals surface area contributed by atoms with Crippen LogP contribution in [0, 0.1) is 5.92 Å². The van der Waals surface area contributed by atoms with E-state index in [1.54, 1.807) is 6.26 Å². The van der Waals surface area contributed by atoms with Crippen LogP contribution in [0.1, 0.15) is 56.7 Å². The van der Waals surface area contributed by atoms with Crippen LogP contribution in [0.4, 0.5) is 0 Å². The van der Waals surface area contributed by atoms with Crippen LogP contribution >= 0.6 is 0 Å². The Hall–Kier alpha value is -1.55. The molecule has 0 saturated heterocycles. The minimum atomic E-state index is 0.0249. The Labute approximate surface area is 126 Å². The molecule has 2 aromatic heterocycles.